The summed E-state index contributed by atoms with van der Waals surface area (Å²) in [5.74, 6) is -0.409. The first-order valence-electron chi connectivity index (χ1n) is 10.1. The molecule has 4 rings (SSSR count). The van der Waals surface area contributed by atoms with Gasteiger partial charge in [-0.1, -0.05) is 42.5 Å². The van der Waals surface area contributed by atoms with Crippen molar-refractivity contribution >= 4 is 17.5 Å². The molecule has 0 fully saturated rings. The molecule has 0 radical (unpaired) electrons. The van der Waals surface area contributed by atoms with Crippen molar-refractivity contribution in [1.82, 2.24) is 0 Å². The number of ketones is 1. The van der Waals surface area contributed by atoms with Gasteiger partial charge >= 0.3 is 5.97 Å². The maximum atomic E-state index is 13.4. The minimum atomic E-state index is -0.586. The van der Waals surface area contributed by atoms with Crippen molar-refractivity contribution in [2.45, 2.75) is 31.6 Å². The summed E-state index contributed by atoms with van der Waals surface area (Å²) in [4.78, 5) is 30.8. The summed E-state index contributed by atoms with van der Waals surface area (Å²) in [6, 6.07) is 17.6. The van der Waals surface area contributed by atoms with Gasteiger partial charge in [-0.05, 0) is 42.5 Å². The van der Waals surface area contributed by atoms with Gasteiger partial charge < -0.3 is 9.47 Å². The number of nitrogens with zero attached hydrogens (tertiary/aromatic N) is 1. The van der Waals surface area contributed by atoms with E-state index in [0.29, 0.717) is 24.1 Å². The van der Waals surface area contributed by atoms with Crippen LogP contribution in [0.2, 0.25) is 0 Å². The maximum Gasteiger partial charge on any atom is 0.315 e. The Hall–Kier alpha value is -3.21. The van der Waals surface area contributed by atoms with Crippen molar-refractivity contribution in [3.05, 3.63) is 77.0 Å². The molecule has 2 aromatic carbocycles. The second-order valence-corrected chi connectivity index (χ2v) is 7.80. The second kappa shape index (κ2) is 8.27. The zero-order valence-corrected chi connectivity index (χ0v) is 17.4. The Morgan fingerprint density at radius 3 is 2.30 bits per heavy atom. The van der Waals surface area contributed by atoms with E-state index < -0.39 is 5.92 Å². The molecule has 30 heavy (non-hydrogen) atoms. The number of esters is 1. The van der Waals surface area contributed by atoms with Gasteiger partial charge in [0.25, 0.3) is 0 Å². The second-order valence-electron chi connectivity index (χ2n) is 7.80. The Morgan fingerprint density at radius 1 is 0.967 bits per heavy atom. The molecule has 3 atom stereocenters. The van der Waals surface area contributed by atoms with E-state index in [1.807, 2.05) is 61.5 Å². The Kier molecular flexibility index (Phi) is 5.53. The molecule has 2 aliphatic rings. The number of benzene rings is 2. The quantitative estimate of drug-likeness (QED) is 0.708. The molecular weight excluding hydrogens is 378 g/mol. The molecule has 5 heteroatoms. The van der Waals surface area contributed by atoms with Crippen molar-refractivity contribution in [2.75, 3.05) is 14.2 Å². The molecule has 0 N–H and O–H groups in total. The van der Waals surface area contributed by atoms with Crippen LogP contribution in [-0.4, -0.2) is 31.7 Å². The van der Waals surface area contributed by atoms with E-state index in [1.165, 1.54) is 7.11 Å². The molecule has 0 spiro atoms. The molecule has 0 saturated heterocycles. The Balaban J connectivity index is 1.76. The summed E-state index contributed by atoms with van der Waals surface area (Å²) in [5.41, 5.74) is 4.17. The number of Topliss-reactive ketones (excluding diaryl/α,β-unsaturated/α-hetero) is 1. The lowest BCUT2D eigenvalue weighted by atomic mass is 9.69. The van der Waals surface area contributed by atoms with Crippen LogP contribution in [-0.2, 0) is 14.3 Å². The Labute approximate surface area is 176 Å². The molecule has 2 aromatic rings. The molecule has 1 unspecified atom stereocenters. The average molecular weight is 403 g/mol. The van der Waals surface area contributed by atoms with Crippen molar-refractivity contribution in [3.8, 4) is 5.75 Å². The molecule has 5 nitrogen and oxygen atoms in total. The summed E-state index contributed by atoms with van der Waals surface area (Å²) in [6.07, 6.45) is 1.07. The fourth-order valence-corrected chi connectivity index (χ4v) is 4.62. The monoisotopic (exact) mass is 403 g/mol. The molecule has 0 amide bonds. The Bertz CT molecular complexity index is 1020. The highest BCUT2D eigenvalue weighted by Gasteiger charge is 2.44. The van der Waals surface area contributed by atoms with Gasteiger partial charge in [0.2, 0.25) is 0 Å². The van der Waals surface area contributed by atoms with Crippen LogP contribution in [0.25, 0.3) is 0 Å². The summed E-state index contributed by atoms with van der Waals surface area (Å²) < 4.78 is 10.3. The summed E-state index contributed by atoms with van der Waals surface area (Å²) in [6.45, 7) is 1.85. The number of methoxy groups -OCH3 is 2. The minimum absolute atomic E-state index is 0.0519. The van der Waals surface area contributed by atoms with E-state index in [-0.39, 0.29) is 23.6 Å². The third kappa shape index (κ3) is 3.56. The topological polar surface area (TPSA) is 65.0 Å². The van der Waals surface area contributed by atoms with Gasteiger partial charge in [-0.3, -0.25) is 14.6 Å². The summed E-state index contributed by atoms with van der Waals surface area (Å²) >= 11 is 0. The minimum Gasteiger partial charge on any atom is -0.497 e. The molecule has 0 aromatic heterocycles. The molecule has 0 bridgehead atoms. The van der Waals surface area contributed by atoms with Gasteiger partial charge in [-0.25, -0.2) is 0 Å². The third-order valence-corrected chi connectivity index (χ3v) is 6.09. The first-order valence-corrected chi connectivity index (χ1v) is 10.1. The third-order valence-electron chi connectivity index (χ3n) is 6.09. The van der Waals surface area contributed by atoms with E-state index in [4.69, 9.17) is 14.5 Å². The predicted octanol–water partition coefficient (Wildman–Crippen LogP) is 4.44. The van der Waals surface area contributed by atoms with Crippen molar-refractivity contribution in [1.29, 1.82) is 0 Å². The zero-order chi connectivity index (χ0) is 21.3. The molecular formula is C25H25NO4. The molecule has 1 aliphatic heterocycles. The van der Waals surface area contributed by atoms with Crippen LogP contribution in [0.5, 0.6) is 5.75 Å². The van der Waals surface area contributed by atoms with Crippen LogP contribution in [0.4, 0.5) is 0 Å². The first-order chi connectivity index (χ1) is 14.5. The van der Waals surface area contributed by atoms with Crippen LogP contribution < -0.4 is 4.74 Å². The predicted molar refractivity (Wildman–Crippen MR) is 115 cm³/mol. The highest BCUT2D eigenvalue weighted by atomic mass is 16.5. The molecule has 154 valence electrons. The number of hydrogen-bond donors (Lipinski definition) is 0. The lowest BCUT2D eigenvalue weighted by molar-refractivity contribution is -0.143. The lowest BCUT2D eigenvalue weighted by Crippen LogP contribution is -2.37. The van der Waals surface area contributed by atoms with Gasteiger partial charge in [0.15, 0.2) is 5.78 Å². The van der Waals surface area contributed by atoms with Crippen LogP contribution in [0, 0.1) is 5.92 Å². The number of hydrogen-bond acceptors (Lipinski definition) is 5. The number of allylic oxidation sites excluding steroid dienone is 2. The normalized spacial score (nSPS) is 23.5. The smallest absolute Gasteiger partial charge is 0.315 e. The van der Waals surface area contributed by atoms with Crippen LogP contribution in [0.3, 0.4) is 0 Å². The fourth-order valence-electron chi connectivity index (χ4n) is 4.62. The van der Waals surface area contributed by atoms with E-state index in [9.17, 15) is 9.59 Å². The van der Waals surface area contributed by atoms with Crippen molar-refractivity contribution < 1.29 is 19.1 Å². The maximum absolute atomic E-state index is 13.4. The van der Waals surface area contributed by atoms with E-state index in [1.54, 1.807) is 7.11 Å². The van der Waals surface area contributed by atoms with Crippen LogP contribution in [0.15, 0.2) is 70.9 Å². The van der Waals surface area contributed by atoms with E-state index in [0.717, 1.165) is 22.6 Å². The summed E-state index contributed by atoms with van der Waals surface area (Å²) in [5, 5.41) is 0. The van der Waals surface area contributed by atoms with Gasteiger partial charge in [-0.15, -0.1) is 0 Å². The van der Waals surface area contributed by atoms with E-state index in [2.05, 4.69) is 0 Å². The van der Waals surface area contributed by atoms with E-state index >= 15 is 0 Å². The number of aliphatic imine (C=N–C) groups is 1. The zero-order valence-electron chi connectivity index (χ0n) is 17.4. The highest BCUT2D eigenvalue weighted by Crippen LogP contribution is 2.46. The number of carbonyl (C=O) groups excluding carboxylic acids is 2. The van der Waals surface area contributed by atoms with Crippen LogP contribution in [0.1, 0.15) is 42.7 Å². The summed E-state index contributed by atoms with van der Waals surface area (Å²) in [7, 11) is 3.02. The number of rotatable bonds is 4. The SMILES string of the molecule is COC(=O)C1C(C)=NC2=C(C(=O)C[C@H](c3ccc(OC)cc3)C2)[C@@H]1c1ccccc1. The molecule has 1 heterocycles. The van der Waals surface area contributed by atoms with Gasteiger partial charge in [0, 0.05) is 29.3 Å². The fraction of sp³-hybridized carbons (Fsp3) is 0.320. The number of carbonyl (C=O) groups is 2. The van der Waals surface area contributed by atoms with Crippen LogP contribution >= 0.6 is 0 Å². The Morgan fingerprint density at radius 2 is 1.67 bits per heavy atom. The molecule has 0 saturated carbocycles. The van der Waals surface area contributed by atoms with Gasteiger partial charge in [-0.2, -0.15) is 0 Å². The molecule has 1 aliphatic carbocycles. The van der Waals surface area contributed by atoms with Crippen molar-refractivity contribution in [2.24, 2.45) is 10.9 Å². The highest BCUT2D eigenvalue weighted by molar-refractivity contribution is 6.09. The largest absolute Gasteiger partial charge is 0.497 e. The number of ether oxygens (including phenoxy) is 2. The van der Waals surface area contributed by atoms with Gasteiger partial charge in [0.1, 0.15) is 11.7 Å². The average Bonchev–Trinajstić information content (AvgIpc) is 2.78. The standard InChI is InChI=1S/C25H25NO4/c1-15-22(25(28)30-3)23(17-7-5-4-6-8-17)24-20(26-15)13-18(14-21(24)27)16-9-11-19(29-2)12-10-16/h4-12,18,22-23H,13-14H2,1-3H3/t18-,22?,23-/m1/s1. The van der Waals surface area contributed by atoms with Crippen molar-refractivity contribution in [3.63, 3.8) is 0 Å². The first kappa shape index (κ1) is 20.1. The van der Waals surface area contributed by atoms with Gasteiger partial charge in [0.05, 0.1) is 14.2 Å². The lowest BCUT2D eigenvalue weighted by Gasteiger charge is -2.36.